The minimum Gasteiger partial charge on any atom is -0.352 e. The van der Waals surface area contributed by atoms with Gasteiger partial charge in [-0.05, 0) is 55.0 Å². The van der Waals surface area contributed by atoms with Crippen LogP contribution in [0.15, 0.2) is 78.9 Å². The van der Waals surface area contributed by atoms with E-state index < -0.39 is 21.9 Å². The number of aryl methyl sites for hydroxylation is 1. The van der Waals surface area contributed by atoms with Crippen LogP contribution in [0.2, 0.25) is 0 Å². The third-order valence-corrected chi connectivity index (χ3v) is 9.25. The predicted molar refractivity (Wildman–Crippen MR) is 169 cm³/mol. The van der Waals surface area contributed by atoms with E-state index in [0.717, 1.165) is 49.5 Å². The summed E-state index contributed by atoms with van der Waals surface area (Å²) < 4.78 is 41.5. The molecule has 0 heterocycles. The molecule has 1 saturated carbocycles. The van der Waals surface area contributed by atoms with Crippen LogP contribution < -0.4 is 9.62 Å². The van der Waals surface area contributed by atoms with Gasteiger partial charge in [-0.1, -0.05) is 80.4 Å². The average molecular weight is 608 g/mol. The van der Waals surface area contributed by atoms with Gasteiger partial charge in [0.2, 0.25) is 21.8 Å². The van der Waals surface area contributed by atoms with Gasteiger partial charge >= 0.3 is 0 Å². The third kappa shape index (κ3) is 9.13. The molecular formula is C34H42FN3O4S. The molecule has 3 aromatic carbocycles. The lowest BCUT2D eigenvalue weighted by Crippen LogP contribution is -2.52. The summed E-state index contributed by atoms with van der Waals surface area (Å²) in [5.41, 5.74) is 2.83. The van der Waals surface area contributed by atoms with E-state index >= 15 is 0 Å². The largest absolute Gasteiger partial charge is 0.352 e. The highest BCUT2D eigenvalue weighted by molar-refractivity contribution is 7.92. The Morgan fingerprint density at radius 2 is 1.58 bits per heavy atom. The van der Waals surface area contributed by atoms with Crippen LogP contribution in [0.5, 0.6) is 0 Å². The van der Waals surface area contributed by atoms with Gasteiger partial charge in [-0.25, -0.2) is 12.8 Å². The summed E-state index contributed by atoms with van der Waals surface area (Å²) in [6.07, 6.45) is 6.37. The Morgan fingerprint density at radius 1 is 0.930 bits per heavy atom. The summed E-state index contributed by atoms with van der Waals surface area (Å²) in [6, 6.07) is 22.3. The zero-order valence-corrected chi connectivity index (χ0v) is 25.9. The van der Waals surface area contributed by atoms with Gasteiger partial charge in [0.15, 0.2) is 0 Å². The number of hydrogen-bond acceptors (Lipinski definition) is 4. The van der Waals surface area contributed by atoms with Crippen molar-refractivity contribution in [3.05, 3.63) is 101 Å². The van der Waals surface area contributed by atoms with Crippen LogP contribution in [0.1, 0.15) is 62.1 Å². The van der Waals surface area contributed by atoms with E-state index in [-0.39, 0.29) is 50.2 Å². The Morgan fingerprint density at radius 3 is 2.21 bits per heavy atom. The summed E-state index contributed by atoms with van der Waals surface area (Å²) in [6.45, 7) is 2.05. The fourth-order valence-corrected chi connectivity index (χ4v) is 6.60. The number of nitrogens with zero attached hydrogens (tertiary/aromatic N) is 2. The maximum atomic E-state index is 14.9. The van der Waals surface area contributed by atoms with Gasteiger partial charge in [0, 0.05) is 37.5 Å². The first kappa shape index (κ1) is 32.2. The number of nitrogens with one attached hydrogen (secondary N) is 1. The maximum Gasteiger partial charge on any atom is 0.243 e. The predicted octanol–water partition coefficient (Wildman–Crippen LogP) is 5.63. The molecule has 4 rings (SSSR count). The zero-order valence-electron chi connectivity index (χ0n) is 25.0. The standard InChI is InChI=1S/C34H42FN3O4S/c1-3-26-19-21-30(22-20-26)38(43(2,41)42)23-11-18-33(39)37(25-28-14-7-10-17-31(28)35)32(24-27-12-5-4-6-13-27)34(40)36-29-15-8-9-16-29/h4-7,10,12-14,17,19-22,29,32H,3,8-9,11,15-16,18,23-25H2,1-2H3,(H,36,40). The molecule has 230 valence electrons. The molecule has 0 saturated heterocycles. The number of anilines is 1. The molecule has 9 heteroatoms. The lowest BCUT2D eigenvalue weighted by molar-refractivity contribution is -0.141. The van der Waals surface area contributed by atoms with Gasteiger partial charge in [-0.3, -0.25) is 13.9 Å². The molecule has 0 aliphatic heterocycles. The molecular weight excluding hydrogens is 565 g/mol. The van der Waals surface area contributed by atoms with Crippen molar-refractivity contribution >= 4 is 27.5 Å². The van der Waals surface area contributed by atoms with Gasteiger partial charge in [0.05, 0.1) is 11.9 Å². The molecule has 1 aliphatic rings. The van der Waals surface area contributed by atoms with Crippen molar-refractivity contribution in [3.63, 3.8) is 0 Å². The molecule has 1 N–H and O–H groups in total. The third-order valence-electron chi connectivity index (χ3n) is 8.06. The first-order valence-electron chi connectivity index (χ1n) is 15.1. The average Bonchev–Trinajstić information content (AvgIpc) is 3.51. The molecule has 43 heavy (non-hydrogen) atoms. The second-order valence-corrected chi connectivity index (χ2v) is 13.2. The van der Waals surface area contributed by atoms with Crippen LogP contribution in [-0.2, 0) is 39.0 Å². The van der Waals surface area contributed by atoms with Gasteiger partial charge in [0.25, 0.3) is 0 Å². The molecule has 3 aromatic rings. The number of benzene rings is 3. The van der Waals surface area contributed by atoms with Gasteiger partial charge in [-0.2, -0.15) is 0 Å². The van der Waals surface area contributed by atoms with Crippen molar-refractivity contribution in [3.8, 4) is 0 Å². The van der Waals surface area contributed by atoms with E-state index in [1.165, 1.54) is 15.3 Å². The topological polar surface area (TPSA) is 86.8 Å². The molecule has 0 aromatic heterocycles. The molecule has 1 atom stereocenters. The summed E-state index contributed by atoms with van der Waals surface area (Å²) in [4.78, 5) is 29.2. The van der Waals surface area contributed by atoms with E-state index in [1.807, 2.05) is 49.4 Å². The summed E-state index contributed by atoms with van der Waals surface area (Å²) in [7, 11) is -3.60. The Bertz CT molecular complexity index is 1460. The van der Waals surface area contributed by atoms with Crippen LogP contribution in [0.3, 0.4) is 0 Å². The highest BCUT2D eigenvalue weighted by atomic mass is 32.2. The van der Waals surface area contributed by atoms with E-state index in [1.54, 1.807) is 30.3 Å². The number of carbonyl (C=O) groups excluding carboxylic acids is 2. The zero-order chi connectivity index (χ0) is 30.8. The first-order chi connectivity index (χ1) is 20.7. The minimum absolute atomic E-state index is 0.00445. The van der Waals surface area contributed by atoms with Crippen LogP contribution in [0, 0.1) is 5.82 Å². The van der Waals surface area contributed by atoms with Crippen molar-refractivity contribution < 1.29 is 22.4 Å². The normalized spacial score (nSPS) is 14.3. The lowest BCUT2D eigenvalue weighted by Gasteiger charge is -2.33. The molecule has 0 bridgehead atoms. The lowest BCUT2D eigenvalue weighted by atomic mass is 10.0. The Hall–Kier alpha value is -3.72. The highest BCUT2D eigenvalue weighted by Gasteiger charge is 2.32. The molecule has 1 aliphatic carbocycles. The van der Waals surface area contributed by atoms with E-state index in [0.29, 0.717) is 11.3 Å². The summed E-state index contributed by atoms with van der Waals surface area (Å²) >= 11 is 0. The van der Waals surface area contributed by atoms with E-state index in [4.69, 9.17) is 0 Å². The van der Waals surface area contributed by atoms with Crippen LogP contribution in [-0.4, -0.2) is 50.0 Å². The van der Waals surface area contributed by atoms with Crippen molar-refractivity contribution in [2.24, 2.45) is 0 Å². The minimum atomic E-state index is -3.60. The monoisotopic (exact) mass is 607 g/mol. The fraction of sp³-hybridized carbons (Fsp3) is 0.412. The van der Waals surface area contributed by atoms with Gasteiger partial charge in [0.1, 0.15) is 11.9 Å². The number of rotatable bonds is 14. The molecule has 1 fully saturated rings. The van der Waals surface area contributed by atoms with Crippen molar-refractivity contribution in [1.82, 2.24) is 10.2 Å². The molecule has 0 spiro atoms. The Labute approximate surface area is 255 Å². The van der Waals surface area contributed by atoms with Crippen LogP contribution in [0.25, 0.3) is 0 Å². The fourth-order valence-electron chi connectivity index (χ4n) is 5.63. The van der Waals surface area contributed by atoms with E-state index in [9.17, 15) is 22.4 Å². The van der Waals surface area contributed by atoms with Crippen molar-refractivity contribution in [2.45, 2.75) is 76.9 Å². The Balaban J connectivity index is 1.58. The quantitative estimate of drug-likeness (QED) is 0.257. The van der Waals surface area contributed by atoms with Crippen LogP contribution >= 0.6 is 0 Å². The first-order valence-corrected chi connectivity index (χ1v) is 16.9. The number of halogens is 1. The Kier molecular flexibility index (Phi) is 11.3. The summed E-state index contributed by atoms with van der Waals surface area (Å²) in [5.74, 6) is -1.04. The number of amides is 2. The molecule has 2 amide bonds. The molecule has 1 unspecified atom stereocenters. The number of sulfonamides is 1. The van der Waals surface area contributed by atoms with Gasteiger partial charge < -0.3 is 10.2 Å². The van der Waals surface area contributed by atoms with E-state index in [2.05, 4.69) is 5.32 Å². The van der Waals surface area contributed by atoms with Gasteiger partial charge in [-0.15, -0.1) is 0 Å². The van der Waals surface area contributed by atoms with Crippen LogP contribution in [0.4, 0.5) is 10.1 Å². The molecule has 7 nitrogen and oxygen atoms in total. The highest BCUT2D eigenvalue weighted by Crippen LogP contribution is 2.23. The molecule has 0 radical (unpaired) electrons. The smallest absolute Gasteiger partial charge is 0.243 e. The van der Waals surface area contributed by atoms with Crippen molar-refractivity contribution in [2.75, 3.05) is 17.1 Å². The van der Waals surface area contributed by atoms with Crippen molar-refractivity contribution in [1.29, 1.82) is 0 Å². The second kappa shape index (κ2) is 15.1. The second-order valence-electron chi connectivity index (χ2n) is 11.3. The number of hydrogen-bond donors (Lipinski definition) is 1. The SMILES string of the molecule is CCc1ccc(N(CCCC(=O)N(Cc2ccccc2F)C(Cc2ccccc2)C(=O)NC2CCCC2)S(C)(=O)=O)cc1. The number of carbonyl (C=O) groups is 2. The maximum absolute atomic E-state index is 14.9. The summed E-state index contributed by atoms with van der Waals surface area (Å²) in [5, 5.41) is 3.15.